The summed E-state index contributed by atoms with van der Waals surface area (Å²) in [6.45, 7) is 0. The van der Waals surface area contributed by atoms with Crippen molar-refractivity contribution < 1.29 is 13.2 Å². The molecule has 0 unspecified atom stereocenters. The van der Waals surface area contributed by atoms with Crippen molar-refractivity contribution in [2.24, 2.45) is 0 Å². The van der Waals surface area contributed by atoms with Gasteiger partial charge in [0.05, 0.1) is 4.90 Å². The van der Waals surface area contributed by atoms with Gasteiger partial charge in [0.15, 0.2) is 5.78 Å². The summed E-state index contributed by atoms with van der Waals surface area (Å²) < 4.78 is 25.4. The number of nitrogens with one attached hydrogen (secondary N) is 1. The molecule has 1 aromatic rings. The highest BCUT2D eigenvalue weighted by Crippen LogP contribution is 2.12. The van der Waals surface area contributed by atoms with Crippen LogP contribution in [0, 0.1) is 0 Å². The van der Waals surface area contributed by atoms with Gasteiger partial charge < -0.3 is 4.90 Å². The van der Waals surface area contributed by atoms with Crippen molar-refractivity contribution in [1.29, 1.82) is 0 Å². The van der Waals surface area contributed by atoms with Crippen molar-refractivity contribution in [3.63, 3.8) is 0 Å². The fourth-order valence-electron chi connectivity index (χ4n) is 1.25. The Kier molecular flexibility index (Phi) is 4.63. The molecule has 0 bridgehead atoms. The van der Waals surface area contributed by atoms with Crippen LogP contribution >= 0.6 is 0 Å². The molecule has 0 atom stereocenters. The largest absolute Gasteiger partial charge is 0.383 e. The van der Waals surface area contributed by atoms with Gasteiger partial charge in [-0.05, 0) is 19.2 Å². The molecule has 0 aliphatic heterocycles. The number of hydrogen-bond donors (Lipinski definition) is 1. The van der Waals surface area contributed by atoms with Gasteiger partial charge in [0, 0.05) is 31.9 Å². The molecule has 18 heavy (non-hydrogen) atoms. The topological polar surface area (TPSA) is 66.5 Å². The number of sulfonamides is 1. The number of carbonyl (C=O) groups excluding carboxylic acids is 1. The van der Waals surface area contributed by atoms with Gasteiger partial charge in [-0.2, -0.15) is 0 Å². The first-order valence-electron chi connectivity index (χ1n) is 5.29. The van der Waals surface area contributed by atoms with E-state index in [1.807, 2.05) is 0 Å². The van der Waals surface area contributed by atoms with E-state index >= 15 is 0 Å². The van der Waals surface area contributed by atoms with Gasteiger partial charge in [-0.3, -0.25) is 4.79 Å². The van der Waals surface area contributed by atoms with Crippen LogP contribution in [0.4, 0.5) is 0 Å². The first kappa shape index (κ1) is 14.4. The standard InChI is InChI=1S/C12H16N2O3S/c1-13-18(16,17)11-6-4-5-10(9-11)12(15)7-8-14(2)3/h4-9,13H,1-3H3. The van der Waals surface area contributed by atoms with E-state index < -0.39 is 10.0 Å². The summed E-state index contributed by atoms with van der Waals surface area (Å²) in [7, 11) is 1.40. The Morgan fingerprint density at radius 1 is 1.33 bits per heavy atom. The van der Waals surface area contributed by atoms with Crippen molar-refractivity contribution in [2.45, 2.75) is 4.90 Å². The Bertz CT molecular complexity index is 562. The summed E-state index contributed by atoms with van der Waals surface area (Å²) in [5.41, 5.74) is 0.337. The van der Waals surface area contributed by atoms with E-state index in [0.29, 0.717) is 5.56 Å². The maximum absolute atomic E-state index is 11.8. The van der Waals surface area contributed by atoms with E-state index in [1.54, 1.807) is 37.3 Å². The lowest BCUT2D eigenvalue weighted by Crippen LogP contribution is -2.18. The minimum Gasteiger partial charge on any atom is -0.383 e. The highest BCUT2D eigenvalue weighted by molar-refractivity contribution is 7.89. The molecule has 1 aromatic carbocycles. The van der Waals surface area contributed by atoms with Crippen molar-refractivity contribution in [1.82, 2.24) is 9.62 Å². The number of benzene rings is 1. The second-order valence-corrected chi connectivity index (χ2v) is 5.77. The molecule has 5 nitrogen and oxygen atoms in total. The van der Waals surface area contributed by atoms with Crippen LogP contribution in [0.1, 0.15) is 10.4 Å². The molecule has 98 valence electrons. The molecule has 0 spiro atoms. The Labute approximate surface area is 107 Å². The molecule has 0 heterocycles. The SMILES string of the molecule is CNS(=O)(=O)c1cccc(C(=O)C=CN(C)C)c1. The molecular formula is C12H16N2O3S. The van der Waals surface area contributed by atoms with Crippen LogP contribution in [-0.2, 0) is 10.0 Å². The predicted molar refractivity (Wildman–Crippen MR) is 69.8 cm³/mol. The maximum Gasteiger partial charge on any atom is 0.240 e. The third-order valence-corrected chi connectivity index (χ3v) is 3.63. The first-order valence-corrected chi connectivity index (χ1v) is 6.77. The van der Waals surface area contributed by atoms with Crippen LogP contribution in [0.5, 0.6) is 0 Å². The Hall–Kier alpha value is -1.66. The predicted octanol–water partition coefficient (Wildman–Crippen LogP) is 0.853. The van der Waals surface area contributed by atoms with Gasteiger partial charge in [0.1, 0.15) is 0 Å². The van der Waals surface area contributed by atoms with E-state index in [4.69, 9.17) is 0 Å². The second-order valence-electron chi connectivity index (χ2n) is 3.88. The molecule has 1 N–H and O–H groups in total. The average molecular weight is 268 g/mol. The van der Waals surface area contributed by atoms with Gasteiger partial charge in [0.2, 0.25) is 10.0 Å². The Morgan fingerprint density at radius 2 is 2.00 bits per heavy atom. The quantitative estimate of drug-likeness (QED) is 0.635. The van der Waals surface area contributed by atoms with Crippen molar-refractivity contribution in [3.8, 4) is 0 Å². The lowest BCUT2D eigenvalue weighted by atomic mass is 10.1. The van der Waals surface area contributed by atoms with Crippen LogP contribution < -0.4 is 4.72 Å². The molecule has 0 aromatic heterocycles. The van der Waals surface area contributed by atoms with E-state index in [9.17, 15) is 13.2 Å². The summed E-state index contributed by atoms with van der Waals surface area (Å²) in [4.78, 5) is 13.6. The maximum atomic E-state index is 11.8. The molecule has 0 radical (unpaired) electrons. The molecule has 0 aliphatic carbocycles. The lowest BCUT2D eigenvalue weighted by Gasteiger charge is -2.05. The van der Waals surface area contributed by atoms with Gasteiger partial charge in [-0.15, -0.1) is 0 Å². The number of rotatable bonds is 5. The number of allylic oxidation sites excluding steroid dienone is 1. The van der Waals surface area contributed by atoms with Crippen LogP contribution in [0.2, 0.25) is 0 Å². The molecule has 0 aliphatic rings. The molecule has 0 saturated heterocycles. The summed E-state index contributed by atoms with van der Waals surface area (Å²) in [5.74, 6) is -0.239. The minimum atomic E-state index is -3.52. The van der Waals surface area contributed by atoms with Crippen LogP contribution in [0.15, 0.2) is 41.4 Å². The van der Waals surface area contributed by atoms with Gasteiger partial charge in [0.25, 0.3) is 0 Å². The summed E-state index contributed by atoms with van der Waals surface area (Å²) in [6, 6.07) is 5.92. The smallest absolute Gasteiger partial charge is 0.240 e. The minimum absolute atomic E-state index is 0.0779. The number of hydrogen-bond acceptors (Lipinski definition) is 4. The summed E-state index contributed by atoms with van der Waals surface area (Å²) >= 11 is 0. The normalized spacial score (nSPS) is 11.7. The molecular weight excluding hydrogens is 252 g/mol. The number of carbonyl (C=O) groups is 1. The number of nitrogens with zero attached hydrogens (tertiary/aromatic N) is 1. The highest BCUT2D eigenvalue weighted by atomic mass is 32.2. The zero-order chi connectivity index (χ0) is 13.8. The molecule has 0 fully saturated rings. The Balaban J connectivity index is 3.07. The highest BCUT2D eigenvalue weighted by Gasteiger charge is 2.13. The van der Waals surface area contributed by atoms with E-state index in [0.717, 1.165) is 0 Å². The monoisotopic (exact) mass is 268 g/mol. The van der Waals surface area contributed by atoms with E-state index in [1.165, 1.54) is 25.3 Å². The van der Waals surface area contributed by atoms with Crippen LogP contribution in [0.3, 0.4) is 0 Å². The lowest BCUT2D eigenvalue weighted by molar-refractivity contribution is 0.104. The average Bonchev–Trinajstić information content (AvgIpc) is 2.36. The molecule has 0 amide bonds. The second kappa shape index (κ2) is 5.79. The zero-order valence-electron chi connectivity index (χ0n) is 10.5. The summed E-state index contributed by atoms with van der Waals surface area (Å²) in [6.07, 6.45) is 3.01. The van der Waals surface area contributed by atoms with E-state index in [-0.39, 0.29) is 10.7 Å². The third kappa shape index (κ3) is 3.68. The molecule has 1 rings (SSSR count). The Morgan fingerprint density at radius 3 is 2.56 bits per heavy atom. The van der Waals surface area contributed by atoms with Gasteiger partial charge in [-0.1, -0.05) is 12.1 Å². The van der Waals surface area contributed by atoms with E-state index in [2.05, 4.69) is 4.72 Å². The first-order chi connectivity index (χ1) is 8.36. The van der Waals surface area contributed by atoms with Gasteiger partial charge in [-0.25, -0.2) is 13.1 Å². The fourth-order valence-corrected chi connectivity index (χ4v) is 2.02. The van der Waals surface area contributed by atoms with Crippen molar-refractivity contribution in [3.05, 3.63) is 42.1 Å². The zero-order valence-corrected chi connectivity index (χ0v) is 11.4. The molecule has 6 heteroatoms. The fraction of sp³-hybridized carbons (Fsp3) is 0.250. The van der Waals surface area contributed by atoms with Crippen molar-refractivity contribution in [2.75, 3.05) is 21.1 Å². The third-order valence-electron chi connectivity index (χ3n) is 2.22. The van der Waals surface area contributed by atoms with Crippen LogP contribution in [-0.4, -0.2) is 40.2 Å². The molecule has 0 saturated carbocycles. The summed E-state index contributed by atoms with van der Waals surface area (Å²) in [5, 5.41) is 0. The van der Waals surface area contributed by atoms with Crippen LogP contribution in [0.25, 0.3) is 0 Å². The van der Waals surface area contributed by atoms with Crippen molar-refractivity contribution >= 4 is 15.8 Å². The van der Waals surface area contributed by atoms with Gasteiger partial charge >= 0.3 is 0 Å². The number of ketones is 1.